The minimum absolute atomic E-state index is 0.0431. The molecular weight excluding hydrogens is 302 g/mol. The number of piperidine rings is 1. The van der Waals surface area contributed by atoms with Crippen LogP contribution in [-0.4, -0.2) is 38.7 Å². The summed E-state index contributed by atoms with van der Waals surface area (Å²) < 4.78 is 28.6. The Bertz CT molecular complexity index is 675. The van der Waals surface area contributed by atoms with Gasteiger partial charge in [-0.1, -0.05) is 12.1 Å². The van der Waals surface area contributed by atoms with Gasteiger partial charge in [-0.15, -0.1) is 0 Å². The average molecular weight is 320 g/mol. The molecule has 1 fully saturated rings. The molecule has 1 amide bonds. The third kappa shape index (κ3) is 3.55. The summed E-state index contributed by atoms with van der Waals surface area (Å²) in [5, 5.41) is 4.12. The molecule has 2 heterocycles. The summed E-state index contributed by atoms with van der Waals surface area (Å²) in [4.78, 5) is 18.1. The molecule has 0 aliphatic carbocycles. The predicted molar refractivity (Wildman–Crippen MR) is 79.6 cm³/mol. The lowest BCUT2D eigenvalue weighted by Crippen LogP contribution is -2.41. The van der Waals surface area contributed by atoms with Gasteiger partial charge >= 0.3 is 0 Å². The number of likely N-dealkylation sites (tertiary alicyclic amines) is 1. The molecule has 1 saturated heterocycles. The van der Waals surface area contributed by atoms with E-state index in [1.807, 2.05) is 0 Å². The van der Waals surface area contributed by atoms with Crippen molar-refractivity contribution in [3.8, 4) is 0 Å². The second-order valence-electron chi connectivity index (χ2n) is 5.72. The van der Waals surface area contributed by atoms with Crippen molar-refractivity contribution >= 4 is 5.91 Å². The minimum atomic E-state index is -0.876. The molecule has 0 bridgehead atoms. The highest BCUT2D eigenvalue weighted by Gasteiger charge is 2.25. The van der Waals surface area contributed by atoms with E-state index in [-0.39, 0.29) is 30.4 Å². The standard InChI is InChI=1S/C16H18F2N4O/c17-14-5-1-3-12(16(14)18)6-7-15(23)21-8-2-4-13(9-21)22-11-19-10-20-22/h1,3,5,10-11,13H,2,4,6-9H2/t13-/m0/s1. The summed E-state index contributed by atoms with van der Waals surface area (Å²) in [5.74, 6) is -1.78. The SMILES string of the molecule is O=C(CCc1cccc(F)c1F)N1CCC[C@H](n2cncn2)C1. The van der Waals surface area contributed by atoms with E-state index >= 15 is 0 Å². The normalized spacial score (nSPS) is 18.2. The molecule has 1 aromatic carbocycles. The molecule has 0 radical (unpaired) electrons. The van der Waals surface area contributed by atoms with Crippen LogP contribution in [0.5, 0.6) is 0 Å². The molecule has 1 atom stereocenters. The van der Waals surface area contributed by atoms with E-state index in [4.69, 9.17) is 0 Å². The number of nitrogens with zero attached hydrogens (tertiary/aromatic N) is 4. The van der Waals surface area contributed by atoms with Crippen molar-refractivity contribution < 1.29 is 13.6 Å². The average Bonchev–Trinajstić information content (AvgIpc) is 3.10. The Morgan fingerprint density at radius 3 is 3.00 bits per heavy atom. The van der Waals surface area contributed by atoms with Crippen LogP contribution in [0, 0.1) is 11.6 Å². The molecule has 1 aliphatic rings. The topological polar surface area (TPSA) is 51.0 Å². The largest absolute Gasteiger partial charge is 0.341 e. The minimum Gasteiger partial charge on any atom is -0.341 e. The second-order valence-corrected chi connectivity index (χ2v) is 5.72. The van der Waals surface area contributed by atoms with Crippen LogP contribution in [0.15, 0.2) is 30.9 Å². The van der Waals surface area contributed by atoms with Crippen molar-refractivity contribution in [2.24, 2.45) is 0 Å². The van der Waals surface area contributed by atoms with Gasteiger partial charge in [0.2, 0.25) is 5.91 Å². The van der Waals surface area contributed by atoms with Crippen LogP contribution < -0.4 is 0 Å². The third-order valence-electron chi connectivity index (χ3n) is 4.20. The van der Waals surface area contributed by atoms with E-state index in [2.05, 4.69) is 10.1 Å². The van der Waals surface area contributed by atoms with E-state index in [9.17, 15) is 13.6 Å². The number of rotatable bonds is 4. The van der Waals surface area contributed by atoms with Crippen molar-refractivity contribution in [1.29, 1.82) is 0 Å². The Balaban J connectivity index is 1.58. The van der Waals surface area contributed by atoms with E-state index in [0.29, 0.717) is 13.1 Å². The monoisotopic (exact) mass is 320 g/mol. The maximum absolute atomic E-state index is 13.6. The van der Waals surface area contributed by atoms with Gasteiger partial charge in [0.05, 0.1) is 6.04 Å². The van der Waals surface area contributed by atoms with Crippen LogP contribution in [0.4, 0.5) is 8.78 Å². The van der Waals surface area contributed by atoms with Crippen molar-refractivity contribution in [2.45, 2.75) is 31.7 Å². The smallest absolute Gasteiger partial charge is 0.222 e. The molecule has 5 nitrogen and oxygen atoms in total. The van der Waals surface area contributed by atoms with Crippen LogP contribution in [-0.2, 0) is 11.2 Å². The first-order chi connectivity index (χ1) is 11.1. The number of benzene rings is 1. The van der Waals surface area contributed by atoms with Gasteiger partial charge in [0.1, 0.15) is 12.7 Å². The number of hydrogen-bond donors (Lipinski definition) is 0. The molecule has 1 aliphatic heterocycles. The zero-order chi connectivity index (χ0) is 16.2. The fraction of sp³-hybridized carbons (Fsp3) is 0.438. The molecule has 23 heavy (non-hydrogen) atoms. The Kier molecular flexibility index (Phi) is 4.64. The van der Waals surface area contributed by atoms with Crippen molar-refractivity contribution in [2.75, 3.05) is 13.1 Å². The van der Waals surface area contributed by atoms with E-state index in [0.717, 1.165) is 18.9 Å². The zero-order valence-corrected chi connectivity index (χ0v) is 12.7. The number of aromatic nitrogens is 3. The molecule has 0 unspecified atom stereocenters. The van der Waals surface area contributed by atoms with Crippen LogP contribution in [0.2, 0.25) is 0 Å². The lowest BCUT2D eigenvalue weighted by molar-refractivity contribution is -0.132. The molecule has 0 N–H and O–H groups in total. The molecule has 7 heteroatoms. The molecule has 122 valence electrons. The van der Waals surface area contributed by atoms with Gasteiger partial charge < -0.3 is 4.90 Å². The van der Waals surface area contributed by atoms with Crippen LogP contribution in [0.3, 0.4) is 0 Å². The summed E-state index contributed by atoms with van der Waals surface area (Å²) in [6.07, 6.45) is 5.35. The number of hydrogen-bond acceptors (Lipinski definition) is 3. The molecular formula is C16H18F2N4O. The number of amides is 1. The first-order valence-corrected chi connectivity index (χ1v) is 7.70. The summed E-state index contributed by atoms with van der Waals surface area (Å²) in [5.41, 5.74) is 0.239. The summed E-state index contributed by atoms with van der Waals surface area (Å²) >= 11 is 0. The van der Waals surface area contributed by atoms with Gasteiger partial charge in [0.25, 0.3) is 0 Å². The van der Waals surface area contributed by atoms with E-state index in [1.165, 1.54) is 18.5 Å². The Morgan fingerprint density at radius 2 is 2.22 bits per heavy atom. The van der Waals surface area contributed by atoms with Crippen molar-refractivity contribution in [1.82, 2.24) is 19.7 Å². The maximum atomic E-state index is 13.6. The van der Waals surface area contributed by atoms with Gasteiger partial charge in [-0.3, -0.25) is 4.79 Å². The number of aryl methyl sites for hydroxylation is 1. The highest BCUT2D eigenvalue weighted by atomic mass is 19.2. The predicted octanol–water partition coefficient (Wildman–Crippen LogP) is 2.35. The van der Waals surface area contributed by atoms with Crippen LogP contribution in [0.1, 0.15) is 30.9 Å². The summed E-state index contributed by atoms with van der Waals surface area (Å²) in [7, 11) is 0. The third-order valence-corrected chi connectivity index (χ3v) is 4.20. The van der Waals surface area contributed by atoms with E-state index in [1.54, 1.807) is 15.9 Å². The Hall–Kier alpha value is -2.31. The molecule has 0 spiro atoms. The summed E-state index contributed by atoms with van der Waals surface area (Å²) in [6.45, 7) is 1.27. The highest BCUT2D eigenvalue weighted by molar-refractivity contribution is 5.76. The van der Waals surface area contributed by atoms with Crippen LogP contribution in [0.25, 0.3) is 0 Å². The lowest BCUT2D eigenvalue weighted by Gasteiger charge is -2.32. The highest BCUT2D eigenvalue weighted by Crippen LogP contribution is 2.21. The molecule has 3 rings (SSSR count). The van der Waals surface area contributed by atoms with Gasteiger partial charge in [-0.05, 0) is 30.9 Å². The maximum Gasteiger partial charge on any atom is 0.222 e. The first kappa shape index (κ1) is 15.6. The van der Waals surface area contributed by atoms with Gasteiger partial charge in [0.15, 0.2) is 11.6 Å². The second kappa shape index (κ2) is 6.85. The van der Waals surface area contributed by atoms with Crippen molar-refractivity contribution in [3.63, 3.8) is 0 Å². The quantitative estimate of drug-likeness (QED) is 0.869. The van der Waals surface area contributed by atoms with Gasteiger partial charge in [-0.25, -0.2) is 18.4 Å². The molecule has 0 saturated carbocycles. The zero-order valence-electron chi connectivity index (χ0n) is 12.7. The Labute approximate surface area is 132 Å². The fourth-order valence-corrected chi connectivity index (χ4v) is 2.94. The summed E-state index contributed by atoms with van der Waals surface area (Å²) in [6, 6.07) is 4.18. The number of carbonyl (C=O) groups is 1. The van der Waals surface area contributed by atoms with Crippen LogP contribution >= 0.6 is 0 Å². The lowest BCUT2D eigenvalue weighted by atomic mass is 10.0. The first-order valence-electron chi connectivity index (χ1n) is 7.70. The number of carbonyl (C=O) groups excluding carboxylic acids is 1. The molecule has 2 aromatic rings. The Morgan fingerprint density at radius 1 is 1.35 bits per heavy atom. The van der Waals surface area contributed by atoms with Gasteiger partial charge in [0, 0.05) is 19.5 Å². The number of halogens is 2. The molecule has 1 aromatic heterocycles. The fourth-order valence-electron chi connectivity index (χ4n) is 2.94. The van der Waals surface area contributed by atoms with Crippen molar-refractivity contribution in [3.05, 3.63) is 48.1 Å². The van der Waals surface area contributed by atoms with E-state index < -0.39 is 11.6 Å². The van der Waals surface area contributed by atoms with Gasteiger partial charge in [-0.2, -0.15) is 5.10 Å².